The Morgan fingerprint density at radius 3 is 2.62 bits per heavy atom. The summed E-state index contributed by atoms with van der Waals surface area (Å²) in [6, 6.07) is 8.01. The van der Waals surface area contributed by atoms with E-state index in [4.69, 9.17) is 0 Å². The van der Waals surface area contributed by atoms with Crippen molar-refractivity contribution in [3.63, 3.8) is 0 Å². The summed E-state index contributed by atoms with van der Waals surface area (Å²) in [6.45, 7) is 1.37. The first-order chi connectivity index (χ1) is 7.55. The van der Waals surface area contributed by atoms with Gasteiger partial charge in [-0.3, -0.25) is 0 Å². The monoisotopic (exact) mass is 301 g/mol. The van der Waals surface area contributed by atoms with E-state index in [9.17, 15) is 8.42 Å². The number of nitrogens with one attached hydrogen (secondary N) is 1. The molecule has 3 nitrogen and oxygen atoms in total. The molecule has 86 valence electrons. The van der Waals surface area contributed by atoms with Crippen molar-refractivity contribution in [3.05, 3.63) is 34.3 Å². The second-order valence-electron chi connectivity index (χ2n) is 4.59. The molecule has 5 heteroatoms. The topological polar surface area (TPSA) is 46.2 Å². The molecule has 0 bridgehead atoms. The fourth-order valence-electron chi connectivity index (χ4n) is 2.86. The van der Waals surface area contributed by atoms with Crippen molar-refractivity contribution in [2.75, 3.05) is 18.8 Å². The third-order valence-corrected chi connectivity index (χ3v) is 6.63. The molecule has 2 fully saturated rings. The summed E-state index contributed by atoms with van der Waals surface area (Å²) in [6.07, 6.45) is 0. The van der Waals surface area contributed by atoms with Gasteiger partial charge in [0.15, 0.2) is 9.84 Å². The second kappa shape index (κ2) is 3.31. The van der Waals surface area contributed by atoms with Crippen LogP contribution in [0, 0.1) is 0 Å². The molecule has 1 N–H and O–H groups in total. The minimum Gasteiger partial charge on any atom is -0.314 e. The minimum absolute atomic E-state index is 0.167. The van der Waals surface area contributed by atoms with E-state index >= 15 is 0 Å². The van der Waals surface area contributed by atoms with Crippen molar-refractivity contribution < 1.29 is 8.42 Å². The highest BCUT2D eigenvalue weighted by Gasteiger charge is 2.61. The fourth-order valence-corrected chi connectivity index (χ4v) is 5.58. The lowest BCUT2D eigenvalue weighted by Crippen LogP contribution is -2.59. The predicted molar refractivity (Wildman–Crippen MR) is 66.3 cm³/mol. The van der Waals surface area contributed by atoms with Crippen molar-refractivity contribution in [1.29, 1.82) is 0 Å². The molecule has 1 aromatic carbocycles. The van der Waals surface area contributed by atoms with Crippen molar-refractivity contribution in [2.45, 2.75) is 10.7 Å². The maximum atomic E-state index is 11.7. The van der Waals surface area contributed by atoms with Crippen LogP contribution in [0.3, 0.4) is 0 Å². The molecule has 0 saturated carbocycles. The number of rotatable bonds is 1. The Labute approximate surface area is 103 Å². The molecule has 0 radical (unpaired) electrons. The predicted octanol–water partition coefficient (Wildman–Crippen LogP) is 1.09. The van der Waals surface area contributed by atoms with Crippen LogP contribution in [0.1, 0.15) is 5.56 Å². The van der Waals surface area contributed by atoms with E-state index in [0.717, 1.165) is 16.6 Å². The molecular weight excluding hydrogens is 290 g/mol. The number of fused-ring (bicyclic) bond motifs is 1. The summed E-state index contributed by atoms with van der Waals surface area (Å²) in [7, 11) is -2.85. The highest BCUT2D eigenvalue weighted by atomic mass is 79.9. The molecule has 0 amide bonds. The summed E-state index contributed by atoms with van der Waals surface area (Å²) in [5, 5.41) is 2.98. The van der Waals surface area contributed by atoms with E-state index < -0.39 is 9.84 Å². The molecule has 0 unspecified atom stereocenters. The molecule has 2 aliphatic heterocycles. The van der Waals surface area contributed by atoms with Crippen LogP contribution >= 0.6 is 15.9 Å². The molecule has 2 aliphatic rings. The average Bonchev–Trinajstić information content (AvgIpc) is 2.59. The summed E-state index contributed by atoms with van der Waals surface area (Å²) < 4.78 is 24.4. The SMILES string of the molecule is O=S1(=O)C[C@@]2(c3ccc(Br)cc3)CNC[C@H]21. The van der Waals surface area contributed by atoms with Crippen molar-refractivity contribution in [1.82, 2.24) is 5.32 Å². The third-order valence-electron chi connectivity index (χ3n) is 3.70. The first-order valence-electron chi connectivity index (χ1n) is 5.23. The van der Waals surface area contributed by atoms with Gasteiger partial charge in [0.2, 0.25) is 0 Å². The van der Waals surface area contributed by atoms with Crippen LogP contribution in [0.25, 0.3) is 0 Å². The van der Waals surface area contributed by atoms with Crippen molar-refractivity contribution >= 4 is 25.8 Å². The Morgan fingerprint density at radius 2 is 2.00 bits per heavy atom. The lowest BCUT2D eigenvalue weighted by Gasteiger charge is -2.43. The number of sulfone groups is 1. The molecule has 0 spiro atoms. The Kier molecular flexibility index (Phi) is 2.22. The maximum Gasteiger partial charge on any atom is 0.156 e. The Balaban J connectivity index is 2.04. The van der Waals surface area contributed by atoms with Gasteiger partial charge in [0.1, 0.15) is 0 Å². The zero-order valence-electron chi connectivity index (χ0n) is 8.61. The van der Waals surface area contributed by atoms with Crippen LogP contribution in [0.5, 0.6) is 0 Å². The largest absolute Gasteiger partial charge is 0.314 e. The van der Waals surface area contributed by atoms with Gasteiger partial charge in [-0.1, -0.05) is 28.1 Å². The van der Waals surface area contributed by atoms with E-state index in [1.807, 2.05) is 24.3 Å². The van der Waals surface area contributed by atoms with Gasteiger partial charge in [0.25, 0.3) is 0 Å². The molecule has 0 aromatic heterocycles. The fraction of sp³-hybridized carbons (Fsp3) is 0.455. The van der Waals surface area contributed by atoms with Crippen LogP contribution in [0.15, 0.2) is 28.7 Å². The summed E-state index contributed by atoms with van der Waals surface area (Å²) in [5.41, 5.74) is 0.972. The van der Waals surface area contributed by atoms with Gasteiger partial charge in [0, 0.05) is 23.0 Å². The number of benzene rings is 1. The van der Waals surface area contributed by atoms with Gasteiger partial charge in [-0.05, 0) is 17.7 Å². The normalized spacial score (nSPS) is 35.4. The van der Waals surface area contributed by atoms with Gasteiger partial charge < -0.3 is 5.32 Å². The minimum atomic E-state index is -2.85. The summed E-state index contributed by atoms with van der Waals surface area (Å²) in [5.74, 6) is 0.291. The van der Waals surface area contributed by atoms with Gasteiger partial charge in [-0.25, -0.2) is 8.42 Å². The summed E-state index contributed by atoms with van der Waals surface area (Å²) >= 11 is 3.39. The number of hydrogen-bond acceptors (Lipinski definition) is 3. The van der Waals surface area contributed by atoms with Gasteiger partial charge in [-0.2, -0.15) is 0 Å². The third kappa shape index (κ3) is 1.31. The quantitative estimate of drug-likeness (QED) is 0.844. The van der Waals surface area contributed by atoms with Crippen molar-refractivity contribution in [3.8, 4) is 0 Å². The van der Waals surface area contributed by atoms with E-state index in [-0.39, 0.29) is 10.7 Å². The molecule has 16 heavy (non-hydrogen) atoms. The molecular formula is C11H12BrNO2S. The maximum absolute atomic E-state index is 11.7. The average molecular weight is 302 g/mol. The smallest absolute Gasteiger partial charge is 0.156 e. The Bertz CT molecular complexity index is 525. The van der Waals surface area contributed by atoms with Crippen LogP contribution in [0.2, 0.25) is 0 Å². The van der Waals surface area contributed by atoms with E-state index in [2.05, 4.69) is 21.2 Å². The van der Waals surface area contributed by atoms with Crippen LogP contribution in [-0.4, -0.2) is 32.5 Å². The molecule has 2 heterocycles. The second-order valence-corrected chi connectivity index (χ2v) is 7.69. The van der Waals surface area contributed by atoms with Crippen LogP contribution in [-0.2, 0) is 15.3 Å². The van der Waals surface area contributed by atoms with Gasteiger partial charge in [0.05, 0.1) is 11.0 Å². The zero-order chi connectivity index (χ0) is 11.4. The zero-order valence-corrected chi connectivity index (χ0v) is 11.0. The summed E-state index contributed by atoms with van der Waals surface area (Å²) in [4.78, 5) is 0. The molecule has 1 aromatic rings. The van der Waals surface area contributed by atoms with Gasteiger partial charge in [-0.15, -0.1) is 0 Å². The molecule has 2 saturated heterocycles. The number of hydrogen-bond donors (Lipinski definition) is 1. The van der Waals surface area contributed by atoms with Gasteiger partial charge >= 0.3 is 0 Å². The van der Waals surface area contributed by atoms with E-state index in [1.165, 1.54) is 0 Å². The molecule has 2 atom stereocenters. The first-order valence-corrected chi connectivity index (χ1v) is 7.74. The highest BCUT2D eigenvalue weighted by molar-refractivity contribution is 9.10. The van der Waals surface area contributed by atoms with E-state index in [1.54, 1.807) is 0 Å². The standard InChI is InChI=1S/C11H12BrNO2S/c12-9-3-1-8(2-4-9)11-6-13-5-10(11)16(14,15)7-11/h1-4,10,13H,5-7H2/t10-,11-/m1/s1. The first kappa shape index (κ1) is 10.7. The highest BCUT2D eigenvalue weighted by Crippen LogP contribution is 2.45. The molecule has 3 rings (SSSR count). The lowest BCUT2D eigenvalue weighted by molar-refractivity contribution is 0.444. The van der Waals surface area contributed by atoms with E-state index in [0.29, 0.717) is 12.3 Å². The Morgan fingerprint density at radius 1 is 1.31 bits per heavy atom. The Hall–Kier alpha value is -0.390. The number of halogens is 1. The van der Waals surface area contributed by atoms with Crippen LogP contribution < -0.4 is 5.32 Å². The lowest BCUT2D eigenvalue weighted by atomic mass is 9.80. The van der Waals surface area contributed by atoms with Crippen LogP contribution in [0.4, 0.5) is 0 Å². The van der Waals surface area contributed by atoms with Crippen molar-refractivity contribution in [2.24, 2.45) is 0 Å². The molecule has 0 aliphatic carbocycles.